The van der Waals surface area contributed by atoms with E-state index in [0.29, 0.717) is 31.9 Å². The molecular weight excluding hydrogens is 350 g/mol. The van der Waals surface area contributed by atoms with Crippen molar-refractivity contribution in [3.05, 3.63) is 58.1 Å². The van der Waals surface area contributed by atoms with Gasteiger partial charge in [0.1, 0.15) is 11.5 Å². The molecule has 1 aliphatic heterocycles. The summed E-state index contributed by atoms with van der Waals surface area (Å²) in [6, 6.07) is 11.8. The van der Waals surface area contributed by atoms with E-state index < -0.39 is 4.92 Å². The van der Waals surface area contributed by atoms with Crippen LogP contribution in [0.5, 0.6) is 11.5 Å². The van der Waals surface area contributed by atoms with Crippen LogP contribution in [0.3, 0.4) is 0 Å². The van der Waals surface area contributed by atoms with E-state index in [1.54, 1.807) is 12.0 Å². The molecule has 0 unspecified atom stereocenters. The molecule has 2 aromatic rings. The maximum absolute atomic E-state index is 12.9. The maximum Gasteiger partial charge on any atom is 0.270 e. The number of ether oxygens (including phenoxy) is 2. The van der Waals surface area contributed by atoms with Crippen molar-refractivity contribution in [1.82, 2.24) is 4.90 Å². The van der Waals surface area contributed by atoms with E-state index in [-0.39, 0.29) is 17.2 Å². The van der Waals surface area contributed by atoms with Gasteiger partial charge in [0.05, 0.1) is 30.4 Å². The molecule has 0 aliphatic carbocycles. The van der Waals surface area contributed by atoms with Gasteiger partial charge >= 0.3 is 0 Å². The predicted molar refractivity (Wildman–Crippen MR) is 101 cm³/mol. The minimum absolute atomic E-state index is 0.133. The van der Waals surface area contributed by atoms with Gasteiger partial charge in [-0.15, -0.1) is 0 Å². The molecule has 0 spiro atoms. The molecule has 0 radical (unpaired) electrons. The summed E-state index contributed by atoms with van der Waals surface area (Å²) in [5.74, 6) is 0.852. The fourth-order valence-electron chi connectivity index (χ4n) is 3.19. The van der Waals surface area contributed by atoms with Gasteiger partial charge in [-0.1, -0.05) is 12.1 Å². The summed E-state index contributed by atoms with van der Waals surface area (Å²) >= 11 is 0. The van der Waals surface area contributed by atoms with E-state index in [4.69, 9.17) is 9.47 Å². The molecule has 0 atom stereocenters. The van der Waals surface area contributed by atoms with E-state index in [9.17, 15) is 14.9 Å². The predicted octanol–water partition coefficient (Wildman–Crippen LogP) is 2.57. The summed E-state index contributed by atoms with van der Waals surface area (Å²) < 4.78 is 10.6. The van der Waals surface area contributed by atoms with Crippen LogP contribution >= 0.6 is 0 Å². The van der Waals surface area contributed by atoms with Gasteiger partial charge in [-0.2, -0.15) is 0 Å². The van der Waals surface area contributed by atoms with Gasteiger partial charge in [0, 0.05) is 38.3 Å². The fourth-order valence-corrected chi connectivity index (χ4v) is 3.19. The average Bonchev–Trinajstić information content (AvgIpc) is 2.72. The summed E-state index contributed by atoms with van der Waals surface area (Å²) in [6.45, 7) is 2.29. The Bertz CT molecular complexity index is 847. The Hall–Kier alpha value is -3.29. The van der Waals surface area contributed by atoms with Crippen LogP contribution in [0.25, 0.3) is 0 Å². The Kier molecular flexibility index (Phi) is 5.44. The molecule has 27 heavy (non-hydrogen) atoms. The number of amides is 1. The molecular formula is C19H21N3O5. The SMILES string of the molecule is COc1ccc([N+](=O)[O-])cc1C(=O)N1CCN(c2ccccc2OC)CC1. The average molecular weight is 371 g/mol. The highest BCUT2D eigenvalue weighted by Gasteiger charge is 2.26. The highest BCUT2D eigenvalue weighted by atomic mass is 16.6. The number of piperazine rings is 1. The monoisotopic (exact) mass is 371 g/mol. The first-order valence-corrected chi connectivity index (χ1v) is 8.55. The van der Waals surface area contributed by atoms with Crippen molar-refractivity contribution in [1.29, 1.82) is 0 Å². The molecule has 1 aliphatic rings. The van der Waals surface area contributed by atoms with Crippen LogP contribution in [0.15, 0.2) is 42.5 Å². The lowest BCUT2D eigenvalue weighted by atomic mass is 10.1. The summed E-state index contributed by atoms with van der Waals surface area (Å²) in [5.41, 5.74) is 1.06. The van der Waals surface area contributed by atoms with E-state index in [0.717, 1.165) is 11.4 Å². The van der Waals surface area contributed by atoms with Crippen molar-refractivity contribution in [2.45, 2.75) is 0 Å². The molecule has 1 saturated heterocycles. The lowest BCUT2D eigenvalue weighted by molar-refractivity contribution is -0.384. The fraction of sp³-hybridized carbons (Fsp3) is 0.316. The van der Waals surface area contributed by atoms with Crippen LogP contribution in [0, 0.1) is 10.1 Å². The zero-order chi connectivity index (χ0) is 19.4. The summed E-state index contributed by atoms with van der Waals surface area (Å²) in [6.07, 6.45) is 0. The number of methoxy groups -OCH3 is 2. The summed E-state index contributed by atoms with van der Waals surface area (Å²) in [7, 11) is 3.07. The van der Waals surface area contributed by atoms with Crippen molar-refractivity contribution in [2.75, 3.05) is 45.3 Å². The number of benzene rings is 2. The zero-order valence-electron chi connectivity index (χ0n) is 15.3. The lowest BCUT2D eigenvalue weighted by Crippen LogP contribution is -2.49. The molecule has 0 aromatic heterocycles. The molecule has 8 nitrogen and oxygen atoms in total. The van der Waals surface area contributed by atoms with Crippen LogP contribution < -0.4 is 14.4 Å². The number of rotatable bonds is 5. The summed E-state index contributed by atoms with van der Waals surface area (Å²) in [5, 5.41) is 11.0. The van der Waals surface area contributed by atoms with Crippen molar-refractivity contribution >= 4 is 17.3 Å². The van der Waals surface area contributed by atoms with Crippen molar-refractivity contribution in [2.24, 2.45) is 0 Å². The van der Waals surface area contributed by atoms with E-state index in [2.05, 4.69) is 4.90 Å². The van der Waals surface area contributed by atoms with Crippen molar-refractivity contribution in [3.63, 3.8) is 0 Å². The second-order valence-corrected chi connectivity index (χ2v) is 6.09. The number of nitrogens with zero attached hydrogens (tertiary/aromatic N) is 3. The lowest BCUT2D eigenvalue weighted by Gasteiger charge is -2.36. The van der Waals surface area contributed by atoms with Crippen LogP contribution in [-0.2, 0) is 0 Å². The van der Waals surface area contributed by atoms with Crippen LogP contribution in [0.1, 0.15) is 10.4 Å². The first-order valence-electron chi connectivity index (χ1n) is 8.55. The largest absolute Gasteiger partial charge is 0.496 e. The van der Waals surface area contributed by atoms with Crippen LogP contribution in [0.4, 0.5) is 11.4 Å². The van der Waals surface area contributed by atoms with Crippen molar-refractivity contribution < 1.29 is 19.2 Å². The topological polar surface area (TPSA) is 85.1 Å². The van der Waals surface area contributed by atoms with Crippen LogP contribution in [-0.4, -0.2) is 56.1 Å². The van der Waals surface area contributed by atoms with Gasteiger partial charge in [0.25, 0.3) is 11.6 Å². The van der Waals surface area contributed by atoms with Gasteiger partial charge in [-0.25, -0.2) is 0 Å². The van der Waals surface area contributed by atoms with Gasteiger partial charge < -0.3 is 19.3 Å². The van der Waals surface area contributed by atoms with Gasteiger partial charge in [-0.3, -0.25) is 14.9 Å². The quantitative estimate of drug-likeness (QED) is 0.593. The Balaban J connectivity index is 1.75. The van der Waals surface area contributed by atoms with E-state index in [1.165, 1.54) is 25.3 Å². The molecule has 2 aromatic carbocycles. The van der Waals surface area contributed by atoms with Gasteiger partial charge in [0.2, 0.25) is 0 Å². The van der Waals surface area contributed by atoms with E-state index >= 15 is 0 Å². The Morgan fingerprint density at radius 1 is 1.00 bits per heavy atom. The number of nitro benzene ring substituents is 1. The first-order chi connectivity index (χ1) is 13.0. The molecule has 1 heterocycles. The smallest absolute Gasteiger partial charge is 0.270 e. The number of anilines is 1. The molecule has 8 heteroatoms. The number of hydrogen-bond acceptors (Lipinski definition) is 6. The number of hydrogen-bond donors (Lipinski definition) is 0. The Labute approximate surface area is 157 Å². The Morgan fingerprint density at radius 3 is 2.30 bits per heavy atom. The second kappa shape index (κ2) is 7.94. The highest BCUT2D eigenvalue weighted by Crippen LogP contribution is 2.29. The highest BCUT2D eigenvalue weighted by molar-refractivity contribution is 5.97. The molecule has 0 bridgehead atoms. The number of carbonyl (C=O) groups is 1. The molecule has 142 valence electrons. The Morgan fingerprint density at radius 2 is 1.67 bits per heavy atom. The summed E-state index contributed by atoms with van der Waals surface area (Å²) in [4.78, 5) is 27.3. The molecule has 0 saturated carbocycles. The van der Waals surface area contributed by atoms with Gasteiger partial charge in [-0.05, 0) is 18.2 Å². The number of non-ortho nitro benzene ring substituents is 1. The molecule has 1 fully saturated rings. The van der Waals surface area contributed by atoms with E-state index in [1.807, 2.05) is 24.3 Å². The molecule has 3 rings (SSSR count). The third-order valence-electron chi connectivity index (χ3n) is 4.62. The zero-order valence-corrected chi connectivity index (χ0v) is 15.3. The number of carbonyl (C=O) groups excluding carboxylic acids is 1. The van der Waals surface area contributed by atoms with Crippen molar-refractivity contribution in [3.8, 4) is 11.5 Å². The third-order valence-corrected chi connectivity index (χ3v) is 4.62. The molecule has 0 N–H and O–H groups in total. The second-order valence-electron chi connectivity index (χ2n) is 6.09. The first kappa shape index (κ1) is 18.5. The van der Waals surface area contributed by atoms with Gasteiger partial charge in [0.15, 0.2) is 0 Å². The molecule has 1 amide bonds. The normalized spacial score (nSPS) is 14.0. The number of para-hydroxylation sites is 2. The standard InChI is InChI=1S/C19H21N3O5/c1-26-17-8-7-14(22(24)25)13-15(17)19(23)21-11-9-20(10-12-21)16-5-3-4-6-18(16)27-2/h3-8,13H,9-12H2,1-2H3. The van der Waals surface area contributed by atoms with Crippen LogP contribution in [0.2, 0.25) is 0 Å². The minimum atomic E-state index is -0.518. The minimum Gasteiger partial charge on any atom is -0.496 e. The number of nitro groups is 1. The third kappa shape index (κ3) is 3.79. The maximum atomic E-state index is 12.9.